The van der Waals surface area contributed by atoms with Crippen molar-refractivity contribution >= 4 is 5.91 Å². The first kappa shape index (κ1) is 11.3. The van der Waals surface area contributed by atoms with Crippen LogP contribution in [-0.2, 0) is 4.79 Å². The minimum atomic E-state index is -0.0524. The van der Waals surface area contributed by atoms with Crippen molar-refractivity contribution in [2.45, 2.75) is 41.5 Å². The van der Waals surface area contributed by atoms with Gasteiger partial charge < -0.3 is 5.32 Å². The topological polar surface area (TPSA) is 29.1 Å². The van der Waals surface area contributed by atoms with Crippen LogP contribution in [0.2, 0.25) is 0 Å². The molecule has 0 radical (unpaired) electrons. The van der Waals surface area contributed by atoms with E-state index in [1.165, 1.54) is 5.57 Å². The van der Waals surface area contributed by atoms with E-state index in [0.29, 0.717) is 0 Å². The summed E-state index contributed by atoms with van der Waals surface area (Å²) in [6.45, 7) is 13.5. The van der Waals surface area contributed by atoms with Gasteiger partial charge in [-0.05, 0) is 16.4 Å². The first-order valence-corrected chi connectivity index (χ1v) is 5.16. The van der Waals surface area contributed by atoms with E-state index in [2.05, 4.69) is 46.9 Å². The third-order valence-corrected chi connectivity index (χ3v) is 2.61. The highest BCUT2D eigenvalue weighted by atomic mass is 16.1. The maximum Gasteiger partial charge on any atom is 0.248 e. The highest BCUT2D eigenvalue weighted by molar-refractivity contribution is 5.98. The number of nitrogens with one attached hydrogen (secondary N) is 1. The Balaban J connectivity index is 3.23. The maximum absolute atomic E-state index is 11.7. The molecule has 80 valence electrons. The summed E-state index contributed by atoms with van der Waals surface area (Å²) in [6, 6.07) is 0. The average molecular weight is 195 g/mol. The van der Waals surface area contributed by atoms with Gasteiger partial charge in [0, 0.05) is 12.1 Å². The Labute approximate surface area is 86.8 Å². The highest BCUT2D eigenvalue weighted by Crippen LogP contribution is 2.38. The zero-order valence-electron chi connectivity index (χ0n) is 10.1. The molecule has 0 aromatic heterocycles. The lowest BCUT2D eigenvalue weighted by atomic mass is 9.76. The van der Waals surface area contributed by atoms with E-state index in [0.717, 1.165) is 12.1 Å². The number of rotatable bonds is 0. The fourth-order valence-electron chi connectivity index (χ4n) is 1.92. The minimum absolute atomic E-state index is 0.0524. The number of carbonyl (C=O) groups is 1. The van der Waals surface area contributed by atoms with Gasteiger partial charge in [0.15, 0.2) is 0 Å². The normalized spacial score (nSPS) is 18.9. The Morgan fingerprint density at radius 3 is 1.79 bits per heavy atom. The fraction of sp³-hybridized carbons (Fsp3) is 0.750. The number of amides is 1. The predicted molar refractivity (Wildman–Crippen MR) is 58.9 cm³/mol. The minimum Gasteiger partial charge on any atom is -0.349 e. The lowest BCUT2D eigenvalue weighted by molar-refractivity contribution is -0.117. The van der Waals surface area contributed by atoms with E-state index >= 15 is 0 Å². The Morgan fingerprint density at radius 1 is 1.00 bits per heavy atom. The third kappa shape index (κ3) is 1.99. The molecular formula is C12H21NO. The quantitative estimate of drug-likeness (QED) is 0.632. The Morgan fingerprint density at radius 2 is 1.50 bits per heavy atom. The summed E-state index contributed by atoms with van der Waals surface area (Å²) in [5.41, 5.74) is 2.27. The molecule has 0 aliphatic carbocycles. The Hall–Kier alpha value is -0.790. The summed E-state index contributed by atoms with van der Waals surface area (Å²) in [5.74, 6) is 0.113. The van der Waals surface area contributed by atoms with Crippen LogP contribution in [0.5, 0.6) is 0 Å². The molecule has 0 spiro atoms. The van der Waals surface area contributed by atoms with Gasteiger partial charge in [0.25, 0.3) is 0 Å². The smallest absolute Gasteiger partial charge is 0.248 e. The molecule has 0 aromatic carbocycles. The Kier molecular flexibility index (Phi) is 2.51. The van der Waals surface area contributed by atoms with E-state index in [-0.39, 0.29) is 16.7 Å². The van der Waals surface area contributed by atoms with Crippen molar-refractivity contribution in [3.8, 4) is 0 Å². The van der Waals surface area contributed by atoms with Crippen LogP contribution in [-0.4, -0.2) is 12.5 Å². The van der Waals surface area contributed by atoms with Crippen molar-refractivity contribution in [1.29, 1.82) is 0 Å². The Bertz CT molecular complexity index is 286. The van der Waals surface area contributed by atoms with E-state index in [4.69, 9.17) is 0 Å². The van der Waals surface area contributed by atoms with Crippen molar-refractivity contribution in [3.05, 3.63) is 11.1 Å². The van der Waals surface area contributed by atoms with Gasteiger partial charge in [0.2, 0.25) is 5.91 Å². The molecule has 0 bridgehead atoms. The summed E-state index contributed by atoms with van der Waals surface area (Å²) in [6.07, 6.45) is 0. The molecule has 1 N–H and O–H groups in total. The second-order valence-electron chi connectivity index (χ2n) is 6.04. The van der Waals surface area contributed by atoms with Gasteiger partial charge >= 0.3 is 0 Å². The second kappa shape index (κ2) is 3.11. The molecule has 0 unspecified atom stereocenters. The molecule has 14 heavy (non-hydrogen) atoms. The van der Waals surface area contributed by atoms with Gasteiger partial charge in [-0.2, -0.15) is 0 Å². The largest absolute Gasteiger partial charge is 0.349 e. The van der Waals surface area contributed by atoms with Crippen LogP contribution < -0.4 is 5.32 Å². The molecule has 1 amide bonds. The van der Waals surface area contributed by atoms with Gasteiger partial charge in [-0.15, -0.1) is 0 Å². The summed E-state index contributed by atoms with van der Waals surface area (Å²) < 4.78 is 0. The van der Waals surface area contributed by atoms with E-state index < -0.39 is 0 Å². The molecule has 1 rings (SSSR count). The van der Waals surface area contributed by atoms with Crippen LogP contribution in [0, 0.1) is 10.8 Å². The van der Waals surface area contributed by atoms with Crippen molar-refractivity contribution in [2.75, 3.05) is 6.54 Å². The first-order chi connectivity index (χ1) is 6.14. The third-order valence-electron chi connectivity index (χ3n) is 2.61. The molecule has 0 atom stereocenters. The van der Waals surface area contributed by atoms with Gasteiger partial charge in [-0.25, -0.2) is 0 Å². The molecule has 0 saturated carbocycles. The molecule has 0 saturated heterocycles. The van der Waals surface area contributed by atoms with Crippen molar-refractivity contribution in [3.63, 3.8) is 0 Å². The van der Waals surface area contributed by atoms with E-state index in [9.17, 15) is 4.79 Å². The molecule has 1 heterocycles. The van der Waals surface area contributed by atoms with Crippen molar-refractivity contribution in [2.24, 2.45) is 10.8 Å². The van der Waals surface area contributed by atoms with Gasteiger partial charge in [0.1, 0.15) is 0 Å². The first-order valence-electron chi connectivity index (χ1n) is 5.16. The lowest BCUT2D eigenvalue weighted by Crippen LogP contribution is -2.23. The van der Waals surface area contributed by atoms with Gasteiger partial charge in [-0.3, -0.25) is 4.79 Å². The van der Waals surface area contributed by atoms with Gasteiger partial charge in [0.05, 0.1) is 0 Å². The van der Waals surface area contributed by atoms with Crippen LogP contribution in [0.4, 0.5) is 0 Å². The second-order valence-corrected chi connectivity index (χ2v) is 6.04. The highest BCUT2D eigenvalue weighted by Gasteiger charge is 2.36. The standard InChI is InChI=1S/C12H21NO/c1-11(2,3)8-7-13-10(14)9(8)12(4,5)6/h7H2,1-6H3,(H,13,14). The van der Waals surface area contributed by atoms with Crippen LogP contribution in [0.1, 0.15) is 41.5 Å². The molecule has 1 aliphatic rings. The zero-order chi connectivity index (χ0) is 11.1. The monoisotopic (exact) mass is 195 g/mol. The van der Waals surface area contributed by atoms with Gasteiger partial charge in [-0.1, -0.05) is 41.5 Å². The summed E-state index contributed by atoms with van der Waals surface area (Å²) in [4.78, 5) is 11.7. The fourth-order valence-corrected chi connectivity index (χ4v) is 1.92. The van der Waals surface area contributed by atoms with Crippen LogP contribution in [0.25, 0.3) is 0 Å². The SMILES string of the molecule is CC(C)(C)C1=C(C(C)(C)C)C(=O)NC1. The number of carbonyl (C=O) groups excluding carboxylic acids is 1. The number of hydrogen-bond acceptors (Lipinski definition) is 1. The molecule has 0 aromatic rings. The summed E-state index contributed by atoms with van der Waals surface area (Å²) >= 11 is 0. The van der Waals surface area contributed by atoms with Crippen molar-refractivity contribution in [1.82, 2.24) is 5.32 Å². The molecular weight excluding hydrogens is 174 g/mol. The summed E-state index contributed by atoms with van der Waals surface area (Å²) in [5, 5.41) is 2.92. The van der Waals surface area contributed by atoms with Crippen molar-refractivity contribution < 1.29 is 4.79 Å². The molecule has 1 aliphatic heterocycles. The molecule has 2 heteroatoms. The van der Waals surface area contributed by atoms with E-state index in [1.54, 1.807) is 0 Å². The lowest BCUT2D eigenvalue weighted by Gasteiger charge is -2.26. The van der Waals surface area contributed by atoms with Crippen LogP contribution in [0.15, 0.2) is 11.1 Å². The maximum atomic E-state index is 11.7. The number of hydrogen-bond donors (Lipinski definition) is 1. The van der Waals surface area contributed by atoms with Crippen LogP contribution >= 0.6 is 0 Å². The van der Waals surface area contributed by atoms with Crippen LogP contribution in [0.3, 0.4) is 0 Å². The molecule has 2 nitrogen and oxygen atoms in total. The summed E-state index contributed by atoms with van der Waals surface area (Å²) in [7, 11) is 0. The van der Waals surface area contributed by atoms with E-state index in [1.807, 2.05) is 0 Å². The average Bonchev–Trinajstić information content (AvgIpc) is 2.27. The zero-order valence-corrected chi connectivity index (χ0v) is 10.1. The molecule has 0 fully saturated rings. The predicted octanol–water partition coefficient (Wildman–Crippen LogP) is 2.50.